The van der Waals surface area contributed by atoms with Gasteiger partial charge in [-0.2, -0.15) is 0 Å². The SMILES string of the molecule is O=C(CC1CC(=O)NC1=O)NCCC1c2ccccc2CCN1C(=O)c1cccc2[nH]ccc12. The molecule has 174 valence electrons. The zero-order valence-electron chi connectivity index (χ0n) is 18.7. The van der Waals surface area contributed by atoms with E-state index in [1.165, 1.54) is 5.56 Å². The molecule has 4 amide bonds. The summed E-state index contributed by atoms with van der Waals surface area (Å²) in [5.41, 5.74) is 3.88. The average Bonchev–Trinajstić information content (AvgIpc) is 3.44. The van der Waals surface area contributed by atoms with Gasteiger partial charge in [0.25, 0.3) is 5.91 Å². The lowest BCUT2D eigenvalue weighted by molar-refractivity contribution is -0.129. The highest BCUT2D eigenvalue weighted by atomic mass is 16.2. The zero-order valence-corrected chi connectivity index (χ0v) is 18.7. The van der Waals surface area contributed by atoms with Gasteiger partial charge >= 0.3 is 0 Å². The molecule has 0 spiro atoms. The van der Waals surface area contributed by atoms with E-state index < -0.39 is 11.8 Å². The van der Waals surface area contributed by atoms with Gasteiger partial charge in [0.15, 0.2) is 0 Å². The van der Waals surface area contributed by atoms with Crippen LogP contribution in [-0.4, -0.2) is 46.6 Å². The number of imide groups is 1. The first kappa shape index (κ1) is 21.9. The van der Waals surface area contributed by atoms with Crippen LogP contribution in [0.5, 0.6) is 0 Å². The van der Waals surface area contributed by atoms with Gasteiger partial charge in [-0.05, 0) is 42.2 Å². The number of nitrogens with one attached hydrogen (secondary N) is 3. The van der Waals surface area contributed by atoms with E-state index in [0.29, 0.717) is 25.1 Å². The fourth-order valence-electron chi connectivity index (χ4n) is 5.05. The lowest BCUT2D eigenvalue weighted by atomic mass is 9.90. The van der Waals surface area contributed by atoms with Crippen LogP contribution in [0.1, 0.15) is 46.8 Å². The third-order valence-corrected chi connectivity index (χ3v) is 6.74. The Morgan fingerprint density at radius 1 is 1.06 bits per heavy atom. The highest BCUT2D eigenvalue weighted by Gasteiger charge is 2.33. The maximum absolute atomic E-state index is 13.7. The number of H-pyrrole nitrogens is 1. The highest BCUT2D eigenvalue weighted by molar-refractivity contribution is 6.06. The van der Waals surface area contributed by atoms with Crippen molar-refractivity contribution in [2.24, 2.45) is 5.92 Å². The Morgan fingerprint density at radius 2 is 1.91 bits per heavy atom. The van der Waals surface area contributed by atoms with Gasteiger partial charge in [0.1, 0.15) is 0 Å². The maximum atomic E-state index is 13.7. The van der Waals surface area contributed by atoms with Crippen molar-refractivity contribution in [2.75, 3.05) is 13.1 Å². The molecule has 34 heavy (non-hydrogen) atoms. The summed E-state index contributed by atoms with van der Waals surface area (Å²) in [4.78, 5) is 54.2. The molecule has 2 aliphatic heterocycles. The molecule has 1 aromatic heterocycles. The number of aromatic nitrogens is 1. The molecule has 0 saturated carbocycles. The Bertz CT molecular complexity index is 1280. The number of amides is 4. The van der Waals surface area contributed by atoms with Crippen molar-refractivity contribution in [3.05, 3.63) is 71.4 Å². The average molecular weight is 459 g/mol. The Kier molecular flexibility index (Phi) is 5.88. The van der Waals surface area contributed by atoms with Crippen LogP contribution < -0.4 is 10.6 Å². The normalized spacial score (nSPS) is 19.7. The number of aromatic amines is 1. The largest absolute Gasteiger partial charge is 0.361 e. The van der Waals surface area contributed by atoms with E-state index in [-0.39, 0.29) is 36.6 Å². The van der Waals surface area contributed by atoms with Crippen LogP contribution in [0.15, 0.2) is 54.7 Å². The zero-order chi connectivity index (χ0) is 23.7. The van der Waals surface area contributed by atoms with Gasteiger partial charge in [-0.3, -0.25) is 24.5 Å². The van der Waals surface area contributed by atoms with E-state index in [4.69, 9.17) is 0 Å². The summed E-state index contributed by atoms with van der Waals surface area (Å²) in [6, 6.07) is 15.5. The molecule has 3 aromatic rings. The number of rotatable bonds is 6. The topological polar surface area (TPSA) is 111 Å². The van der Waals surface area contributed by atoms with E-state index in [0.717, 1.165) is 22.9 Å². The number of benzene rings is 2. The van der Waals surface area contributed by atoms with Crippen molar-refractivity contribution < 1.29 is 19.2 Å². The lowest BCUT2D eigenvalue weighted by Crippen LogP contribution is -2.41. The number of carbonyl (C=O) groups excluding carboxylic acids is 4. The third kappa shape index (κ3) is 4.19. The summed E-state index contributed by atoms with van der Waals surface area (Å²) >= 11 is 0. The van der Waals surface area contributed by atoms with E-state index in [9.17, 15) is 19.2 Å². The molecule has 1 fully saturated rings. The van der Waals surface area contributed by atoms with Crippen molar-refractivity contribution in [3.8, 4) is 0 Å². The van der Waals surface area contributed by atoms with Crippen LogP contribution in [0.2, 0.25) is 0 Å². The van der Waals surface area contributed by atoms with Crippen molar-refractivity contribution in [2.45, 2.75) is 31.7 Å². The Hall–Kier alpha value is -3.94. The molecule has 1 saturated heterocycles. The fourth-order valence-corrected chi connectivity index (χ4v) is 5.05. The minimum Gasteiger partial charge on any atom is -0.361 e. The second kappa shape index (κ2) is 9.13. The predicted octanol–water partition coefficient (Wildman–Crippen LogP) is 2.47. The molecule has 8 nitrogen and oxygen atoms in total. The minimum absolute atomic E-state index is 0.0169. The summed E-state index contributed by atoms with van der Waals surface area (Å²) in [5.74, 6) is -1.64. The molecule has 3 N–H and O–H groups in total. The van der Waals surface area contributed by atoms with Crippen LogP contribution in [0.25, 0.3) is 10.9 Å². The van der Waals surface area contributed by atoms with Crippen molar-refractivity contribution in [3.63, 3.8) is 0 Å². The summed E-state index contributed by atoms with van der Waals surface area (Å²) in [7, 11) is 0. The van der Waals surface area contributed by atoms with E-state index in [1.54, 1.807) is 0 Å². The van der Waals surface area contributed by atoms with Crippen LogP contribution in [-0.2, 0) is 20.8 Å². The Morgan fingerprint density at radius 3 is 2.74 bits per heavy atom. The molecule has 2 aromatic carbocycles. The van der Waals surface area contributed by atoms with E-state index in [1.807, 2.05) is 53.6 Å². The first-order valence-electron chi connectivity index (χ1n) is 11.6. The number of fused-ring (bicyclic) bond motifs is 2. The maximum Gasteiger partial charge on any atom is 0.255 e. The van der Waals surface area contributed by atoms with Crippen LogP contribution in [0.3, 0.4) is 0 Å². The molecule has 3 heterocycles. The van der Waals surface area contributed by atoms with E-state index >= 15 is 0 Å². The van der Waals surface area contributed by atoms with Crippen LogP contribution in [0, 0.1) is 5.92 Å². The summed E-state index contributed by atoms with van der Waals surface area (Å²) in [5, 5.41) is 6.00. The first-order valence-corrected chi connectivity index (χ1v) is 11.6. The predicted molar refractivity (Wildman–Crippen MR) is 126 cm³/mol. The fraction of sp³-hybridized carbons (Fsp3) is 0.308. The number of carbonyl (C=O) groups is 4. The molecule has 2 aliphatic rings. The van der Waals surface area contributed by atoms with Gasteiger partial charge in [0, 0.05) is 48.6 Å². The van der Waals surface area contributed by atoms with Crippen molar-refractivity contribution in [1.29, 1.82) is 0 Å². The molecule has 8 heteroatoms. The van der Waals surface area contributed by atoms with Gasteiger partial charge in [-0.25, -0.2) is 0 Å². The Balaban J connectivity index is 1.32. The van der Waals surface area contributed by atoms with Crippen molar-refractivity contribution >= 4 is 34.5 Å². The summed E-state index contributed by atoms with van der Waals surface area (Å²) in [6.45, 7) is 0.956. The van der Waals surface area contributed by atoms with Crippen LogP contribution >= 0.6 is 0 Å². The standard InChI is InChI=1S/C26H26N4O4/c31-23(14-17-15-24(32)29-25(17)33)28-12-9-22-18-5-2-1-4-16(18)10-13-30(22)26(34)20-6-3-7-21-19(20)8-11-27-21/h1-8,11,17,22,27H,9-10,12-15H2,(H,28,31)(H,29,32,33). The summed E-state index contributed by atoms with van der Waals surface area (Å²) < 4.78 is 0. The van der Waals surface area contributed by atoms with Gasteiger partial charge in [-0.1, -0.05) is 30.3 Å². The summed E-state index contributed by atoms with van der Waals surface area (Å²) in [6.07, 6.45) is 3.19. The lowest BCUT2D eigenvalue weighted by Gasteiger charge is -2.38. The second-order valence-electron chi connectivity index (χ2n) is 8.86. The number of nitrogens with zero attached hydrogens (tertiary/aromatic N) is 1. The second-order valence-corrected chi connectivity index (χ2v) is 8.86. The van der Waals surface area contributed by atoms with Crippen LogP contribution in [0.4, 0.5) is 0 Å². The van der Waals surface area contributed by atoms with Gasteiger partial charge < -0.3 is 15.2 Å². The third-order valence-electron chi connectivity index (χ3n) is 6.74. The molecule has 0 aliphatic carbocycles. The Labute approximate surface area is 196 Å². The molecule has 0 radical (unpaired) electrons. The highest BCUT2D eigenvalue weighted by Crippen LogP contribution is 2.34. The molecule has 2 atom stereocenters. The van der Waals surface area contributed by atoms with Gasteiger partial charge in [0.05, 0.1) is 12.0 Å². The molecule has 2 unspecified atom stereocenters. The minimum atomic E-state index is -0.608. The monoisotopic (exact) mass is 458 g/mol. The van der Waals surface area contributed by atoms with E-state index in [2.05, 4.69) is 21.7 Å². The molecular weight excluding hydrogens is 432 g/mol. The van der Waals surface area contributed by atoms with Crippen molar-refractivity contribution in [1.82, 2.24) is 20.5 Å². The quantitative estimate of drug-likeness (QED) is 0.493. The number of hydrogen-bond acceptors (Lipinski definition) is 4. The van der Waals surface area contributed by atoms with Gasteiger partial charge in [0.2, 0.25) is 17.7 Å². The first-order chi connectivity index (χ1) is 16.5. The number of hydrogen-bond donors (Lipinski definition) is 3. The molecule has 0 bridgehead atoms. The molecule has 5 rings (SSSR count). The smallest absolute Gasteiger partial charge is 0.255 e. The molecular formula is C26H26N4O4. The van der Waals surface area contributed by atoms with Gasteiger partial charge in [-0.15, -0.1) is 0 Å².